The molecule has 0 saturated heterocycles. The zero-order valence-electron chi connectivity index (χ0n) is 34.3. The van der Waals surface area contributed by atoms with Crippen molar-refractivity contribution in [1.29, 1.82) is 0 Å². The Bertz CT molecular complexity index is 1210. The lowest BCUT2D eigenvalue weighted by Crippen LogP contribution is -2.71. The molecule has 4 N–H and O–H groups in total. The number of ether oxygens (including phenoxy) is 2. The molecular weight excluding hydrogens is 648 g/mol. The van der Waals surface area contributed by atoms with Crippen molar-refractivity contribution in [3.8, 4) is 0 Å². The maximum atomic E-state index is 14.7. The molecule has 0 bridgehead atoms. The van der Waals surface area contributed by atoms with Crippen molar-refractivity contribution in [2.75, 3.05) is 7.11 Å². The highest BCUT2D eigenvalue weighted by molar-refractivity contribution is 5.98. The third-order valence-corrected chi connectivity index (χ3v) is 11.0. The first-order valence-corrected chi connectivity index (χ1v) is 19.5. The first-order valence-electron chi connectivity index (χ1n) is 19.5. The number of rotatable bonds is 14. The first kappa shape index (κ1) is 44.3. The largest absolute Gasteiger partial charge is 0.467 e. The van der Waals surface area contributed by atoms with Crippen LogP contribution in [0.3, 0.4) is 0 Å². The van der Waals surface area contributed by atoms with Gasteiger partial charge in [0, 0.05) is 0 Å². The van der Waals surface area contributed by atoms with Crippen LogP contribution in [0.4, 0.5) is 4.79 Å². The minimum Gasteiger partial charge on any atom is -0.467 e. The van der Waals surface area contributed by atoms with E-state index in [2.05, 4.69) is 62.8 Å². The Morgan fingerprint density at radius 1 is 0.686 bits per heavy atom. The van der Waals surface area contributed by atoms with E-state index in [9.17, 15) is 24.0 Å². The van der Waals surface area contributed by atoms with Crippen molar-refractivity contribution in [3.05, 3.63) is 0 Å². The summed E-state index contributed by atoms with van der Waals surface area (Å²) in [6.07, 6.45) is 3.73. The molecule has 294 valence electrons. The van der Waals surface area contributed by atoms with Gasteiger partial charge in [-0.15, -0.1) is 0 Å². The van der Waals surface area contributed by atoms with E-state index in [0.29, 0.717) is 43.9 Å². The van der Waals surface area contributed by atoms with E-state index in [0.717, 1.165) is 19.3 Å². The van der Waals surface area contributed by atoms with Crippen LogP contribution >= 0.6 is 0 Å². The molecule has 0 aromatic heterocycles. The van der Waals surface area contributed by atoms with Gasteiger partial charge in [0.1, 0.15) is 28.8 Å². The fourth-order valence-corrected chi connectivity index (χ4v) is 8.39. The van der Waals surface area contributed by atoms with Gasteiger partial charge in [-0.2, -0.15) is 0 Å². The van der Waals surface area contributed by atoms with Gasteiger partial charge in [-0.1, -0.05) is 69.2 Å². The molecule has 0 aliphatic heterocycles. The van der Waals surface area contributed by atoms with Gasteiger partial charge >= 0.3 is 12.1 Å². The van der Waals surface area contributed by atoms with Crippen LogP contribution in [0, 0.1) is 47.3 Å². The highest BCUT2D eigenvalue weighted by Gasteiger charge is 2.54. The normalized spacial score (nSPS) is 28.2. The van der Waals surface area contributed by atoms with E-state index in [4.69, 9.17) is 9.47 Å². The van der Waals surface area contributed by atoms with Crippen molar-refractivity contribution in [3.63, 3.8) is 0 Å². The number of hydrogen-bond acceptors (Lipinski definition) is 7. The average Bonchev–Trinajstić information content (AvgIpc) is 2.99. The first-order chi connectivity index (χ1) is 23.5. The Kier molecular flexibility index (Phi) is 15.9. The molecule has 11 heteroatoms. The number of methoxy groups -OCH3 is 1. The van der Waals surface area contributed by atoms with Crippen LogP contribution in [-0.2, 0) is 28.7 Å². The lowest BCUT2D eigenvalue weighted by molar-refractivity contribution is -0.149. The number of alkyl carbamates (subject to hydrolysis) is 1. The molecule has 0 spiro atoms. The van der Waals surface area contributed by atoms with Gasteiger partial charge in [-0.25, -0.2) is 9.59 Å². The monoisotopic (exact) mass is 721 g/mol. The summed E-state index contributed by atoms with van der Waals surface area (Å²) < 4.78 is 10.7. The summed E-state index contributed by atoms with van der Waals surface area (Å²) in [4.78, 5) is 70.1. The molecule has 2 fully saturated rings. The van der Waals surface area contributed by atoms with Gasteiger partial charge in [-0.05, 0) is 119 Å². The molecule has 2 aliphatic carbocycles. The van der Waals surface area contributed by atoms with E-state index in [-0.39, 0.29) is 35.5 Å². The summed E-state index contributed by atoms with van der Waals surface area (Å²) in [6, 6.07) is -1.85. The van der Waals surface area contributed by atoms with Crippen LogP contribution in [0.5, 0.6) is 0 Å². The Labute approximate surface area is 308 Å². The molecule has 2 saturated carbocycles. The van der Waals surface area contributed by atoms with E-state index in [1.807, 2.05) is 27.7 Å². The number of nitrogens with one attached hydrogen (secondary N) is 4. The molecular formula is C40H72N4O7. The summed E-state index contributed by atoms with van der Waals surface area (Å²) in [7, 11) is 1.30. The smallest absolute Gasteiger partial charge is 0.408 e. The fraction of sp³-hybridized carbons (Fsp3) is 0.875. The molecule has 2 rings (SSSR count). The Morgan fingerprint density at radius 2 is 1.10 bits per heavy atom. The van der Waals surface area contributed by atoms with E-state index < -0.39 is 58.5 Å². The Balaban J connectivity index is 2.60. The molecule has 2 aliphatic rings. The number of amides is 4. The summed E-state index contributed by atoms with van der Waals surface area (Å²) >= 11 is 0. The number of esters is 1. The average molecular weight is 721 g/mol. The standard InChI is InChI=1S/C40H72N4O7/c1-23(2)19-31(41-36(48)40(44-37(49)51-38(11,12)13)18-16-28(10)22-30(40)26(7)8)33(45)43-39(17-15-27(9)21-29(39)25(5)6)35(47)42-32(20-24(3)4)34(46)50-14/h23-32H,15-22H2,1-14H3,(H,41,48)(H,42,47)(H,43,45)(H,44,49)/t27-,28-,29-,30-,31-,32-,39-,40-/m0/s1. The third kappa shape index (κ3) is 11.8. The lowest BCUT2D eigenvalue weighted by Gasteiger charge is -2.49. The highest BCUT2D eigenvalue weighted by Crippen LogP contribution is 2.43. The van der Waals surface area contributed by atoms with Crippen LogP contribution < -0.4 is 21.3 Å². The maximum Gasteiger partial charge on any atom is 0.408 e. The minimum absolute atomic E-state index is 0.0230. The van der Waals surface area contributed by atoms with E-state index >= 15 is 0 Å². The summed E-state index contributed by atoms with van der Waals surface area (Å²) in [5.74, 6) is -1.30. The van der Waals surface area contributed by atoms with Crippen molar-refractivity contribution in [2.24, 2.45) is 47.3 Å². The van der Waals surface area contributed by atoms with Crippen LogP contribution in [0.25, 0.3) is 0 Å². The van der Waals surface area contributed by atoms with Gasteiger partial charge < -0.3 is 30.7 Å². The summed E-state index contributed by atoms with van der Waals surface area (Å²) in [5.41, 5.74) is -3.37. The van der Waals surface area contributed by atoms with Crippen LogP contribution in [-0.4, -0.2) is 65.7 Å². The second-order valence-electron chi connectivity index (χ2n) is 18.4. The molecule has 0 aromatic rings. The zero-order valence-corrected chi connectivity index (χ0v) is 34.3. The third-order valence-electron chi connectivity index (χ3n) is 11.0. The van der Waals surface area contributed by atoms with Crippen molar-refractivity contribution in [1.82, 2.24) is 21.3 Å². The summed E-state index contributed by atoms with van der Waals surface area (Å²) in [5, 5.41) is 12.3. The quantitative estimate of drug-likeness (QED) is 0.149. The SMILES string of the molecule is COC(=O)[C@H](CC(C)C)NC(=O)[C@]1(NC(=O)[C@H](CC(C)C)NC(=O)[C@]2(NC(=O)OC(C)(C)C)CC[C@H](C)C[C@H]2C(C)C)CC[C@H](C)C[C@H]1C(C)C. The van der Waals surface area contributed by atoms with Gasteiger partial charge in [0.2, 0.25) is 17.7 Å². The predicted octanol–water partition coefficient (Wildman–Crippen LogP) is 6.52. The number of hydrogen-bond donors (Lipinski definition) is 4. The Hall–Kier alpha value is -2.85. The molecule has 4 amide bonds. The molecule has 0 radical (unpaired) electrons. The zero-order chi connectivity index (χ0) is 39.1. The van der Waals surface area contributed by atoms with Crippen LogP contribution in [0.2, 0.25) is 0 Å². The van der Waals surface area contributed by atoms with E-state index in [1.165, 1.54) is 7.11 Å². The minimum atomic E-state index is -1.31. The molecule has 11 nitrogen and oxygen atoms in total. The topological polar surface area (TPSA) is 152 Å². The second-order valence-corrected chi connectivity index (χ2v) is 18.4. The van der Waals surface area contributed by atoms with Gasteiger partial charge in [-0.3, -0.25) is 14.4 Å². The molecule has 0 aromatic carbocycles. The van der Waals surface area contributed by atoms with Gasteiger partial charge in [0.25, 0.3) is 0 Å². The number of carbonyl (C=O) groups excluding carboxylic acids is 5. The molecule has 0 heterocycles. The highest BCUT2D eigenvalue weighted by atomic mass is 16.6. The van der Waals surface area contributed by atoms with Crippen LogP contribution in [0.15, 0.2) is 0 Å². The Morgan fingerprint density at radius 3 is 1.49 bits per heavy atom. The molecule has 51 heavy (non-hydrogen) atoms. The van der Waals surface area contributed by atoms with Gasteiger partial charge in [0.15, 0.2) is 0 Å². The maximum absolute atomic E-state index is 14.7. The number of carbonyl (C=O) groups is 5. The second kappa shape index (κ2) is 18.3. The molecule has 0 unspecified atom stereocenters. The summed E-state index contributed by atoms with van der Waals surface area (Å²) in [6.45, 7) is 25.8. The van der Waals surface area contributed by atoms with Gasteiger partial charge in [0.05, 0.1) is 7.11 Å². The predicted molar refractivity (Wildman–Crippen MR) is 200 cm³/mol. The van der Waals surface area contributed by atoms with Crippen molar-refractivity contribution < 1.29 is 33.4 Å². The fourth-order valence-electron chi connectivity index (χ4n) is 8.39. The van der Waals surface area contributed by atoms with Crippen molar-refractivity contribution >= 4 is 29.8 Å². The van der Waals surface area contributed by atoms with Crippen molar-refractivity contribution in [2.45, 2.75) is 170 Å². The van der Waals surface area contributed by atoms with Crippen LogP contribution in [0.1, 0.15) is 141 Å². The van der Waals surface area contributed by atoms with E-state index in [1.54, 1.807) is 20.8 Å². The lowest BCUT2D eigenvalue weighted by atomic mass is 9.64. The molecule has 8 atom stereocenters.